The fourth-order valence-electron chi connectivity index (χ4n) is 1.53. The third-order valence-corrected chi connectivity index (χ3v) is 3.94. The average molecular weight is 273 g/mol. The molecule has 0 aliphatic carbocycles. The molecule has 1 aromatic heterocycles. The molecular formula is C12H10Cl2OS. The maximum Gasteiger partial charge on any atom is 0.141 e. The normalized spacial score (nSPS) is 10.4. The van der Waals surface area contributed by atoms with Crippen molar-refractivity contribution in [1.29, 1.82) is 0 Å². The molecule has 2 aromatic rings. The minimum Gasteiger partial charge on any atom is -0.495 e. The average Bonchev–Trinajstić information content (AvgIpc) is 2.72. The van der Waals surface area contributed by atoms with Crippen LogP contribution in [-0.2, 0) is 5.88 Å². The van der Waals surface area contributed by atoms with Crippen molar-refractivity contribution in [1.82, 2.24) is 0 Å². The van der Waals surface area contributed by atoms with E-state index in [1.807, 2.05) is 29.6 Å². The first-order valence-corrected chi connectivity index (χ1v) is 6.52. The second kappa shape index (κ2) is 5.09. The van der Waals surface area contributed by atoms with Gasteiger partial charge in [-0.1, -0.05) is 29.8 Å². The van der Waals surface area contributed by atoms with Gasteiger partial charge in [0.15, 0.2) is 0 Å². The predicted octanol–water partition coefficient (Wildman–Crippen LogP) is 4.82. The van der Waals surface area contributed by atoms with E-state index in [9.17, 15) is 0 Å². The van der Waals surface area contributed by atoms with Crippen molar-refractivity contribution in [3.63, 3.8) is 0 Å². The number of ether oxygens (including phenoxy) is 1. The summed E-state index contributed by atoms with van der Waals surface area (Å²) in [7, 11) is 1.65. The summed E-state index contributed by atoms with van der Waals surface area (Å²) < 4.78 is 5.38. The Labute approximate surface area is 109 Å². The molecule has 0 radical (unpaired) electrons. The van der Waals surface area contributed by atoms with Crippen LogP contribution in [0.5, 0.6) is 5.75 Å². The lowest BCUT2D eigenvalue weighted by atomic mass is 10.1. The standard InChI is InChI=1S/C12H10Cl2OS/c1-15-11-8(6-13)7-16-12(11)9-4-2-3-5-10(9)14/h2-5,7H,6H2,1H3. The SMILES string of the molecule is COc1c(CCl)csc1-c1ccccc1Cl. The largest absolute Gasteiger partial charge is 0.495 e. The van der Waals surface area contributed by atoms with E-state index in [0.717, 1.165) is 26.8 Å². The molecule has 0 saturated carbocycles. The van der Waals surface area contributed by atoms with Gasteiger partial charge in [-0.2, -0.15) is 0 Å². The molecule has 0 fully saturated rings. The highest BCUT2D eigenvalue weighted by Gasteiger charge is 2.15. The Morgan fingerprint density at radius 3 is 2.69 bits per heavy atom. The molecule has 4 heteroatoms. The van der Waals surface area contributed by atoms with Crippen molar-refractivity contribution in [2.75, 3.05) is 7.11 Å². The minimum absolute atomic E-state index is 0.449. The van der Waals surface area contributed by atoms with Crippen LogP contribution < -0.4 is 4.74 Å². The Bertz CT molecular complexity index is 494. The number of hydrogen-bond donors (Lipinski definition) is 0. The summed E-state index contributed by atoms with van der Waals surface area (Å²) >= 11 is 13.6. The van der Waals surface area contributed by atoms with Crippen molar-refractivity contribution < 1.29 is 4.74 Å². The summed E-state index contributed by atoms with van der Waals surface area (Å²) in [6.45, 7) is 0. The number of benzene rings is 1. The van der Waals surface area contributed by atoms with Gasteiger partial charge in [0.1, 0.15) is 5.75 Å². The fourth-order valence-corrected chi connectivity index (χ4v) is 3.18. The summed E-state index contributed by atoms with van der Waals surface area (Å²) in [5.41, 5.74) is 1.99. The zero-order valence-corrected chi connectivity index (χ0v) is 11.0. The van der Waals surface area contributed by atoms with E-state index in [0.29, 0.717) is 5.88 Å². The van der Waals surface area contributed by atoms with E-state index in [1.165, 1.54) is 0 Å². The molecule has 0 spiro atoms. The highest BCUT2D eigenvalue weighted by molar-refractivity contribution is 7.14. The van der Waals surface area contributed by atoms with Gasteiger partial charge in [0.25, 0.3) is 0 Å². The highest BCUT2D eigenvalue weighted by atomic mass is 35.5. The molecule has 1 nitrogen and oxygen atoms in total. The van der Waals surface area contributed by atoms with Gasteiger partial charge >= 0.3 is 0 Å². The molecule has 0 bridgehead atoms. The van der Waals surface area contributed by atoms with E-state index in [1.54, 1.807) is 18.4 Å². The van der Waals surface area contributed by atoms with Crippen LogP contribution in [0.1, 0.15) is 5.56 Å². The molecule has 0 saturated heterocycles. The van der Waals surface area contributed by atoms with Gasteiger partial charge in [-0.25, -0.2) is 0 Å². The molecule has 0 aliphatic heterocycles. The van der Waals surface area contributed by atoms with Gasteiger partial charge in [-0.3, -0.25) is 0 Å². The maximum atomic E-state index is 6.16. The van der Waals surface area contributed by atoms with Crippen molar-refractivity contribution in [3.8, 4) is 16.2 Å². The lowest BCUT2D eigenvalue weighted by Gasteiger charge is -2.06. The highest BCUT2D eigenvalue weighted by Crippen LogP contribution is 2.42. The molecule has 2 rings (SSSR count). The summed E-state index contributed by atoms with van der Waals surface area (Å²) in [6, 6.07) is 7.72. The summed E-state index contributed by atoms with van der Waals surface area (Å²) in [5, 5.41) is 2.73. The van der Waals surface area contributed by atoms with E-state index in [-0.39, 0.29) is 0 Å². The molecule has 84 valence electrons. The zero-order chi connectivity index (χ0) is 11.5. The van der Waals surface area contributed by atoms with E-state index in [4.69, 9.17) is 27.9 Å². The van der Waals surface area contributed by atoms with Gasteiger partial charge in [0, 0.05) is 16.1 Å². The molecule has 16 heavy (non-hydrogen) atoms. The number of halogens is 2. The molecule has 0 N–H and O–H groups in total. The van der Waals surface area contributed by atoms with Crippen LogP contribution in [0.4, 0.5) is 0 Å². The third-order valence-electron chi connectivity index (χ3n) is 2.28. The van der Waals surface area contributed by atoms with Gasteiger partial charge < -0.3 is 4.74 Å². The number of hydrogen-bond acceptors (Lipinski definition) is 2. The van der Waals surface area contributed by atoms with Crippen LogP contribution in [-0.4, -0.2) is 7.11 Å². The summed E-state index contributed by atoms with van der Waals surface area (Å²) in [4.78, 5) is 1.03. The Hall–Kier alpha value is -0.700. The van der Waals surface area contributed by atoms with Gasteiger partial charge in [0.05, 0.1) is 17.9 Å². The smallest absolute Gasteiger partial charge is 0.141 e. The second-order valence-electron chi connectivity index (χ2n) is 3.24. The summed E-state index contributed by atoms with van der Waals surface area (Å²) in [5.74, 6) is 1.28. The monoisotopic (exact) mass is 272 g/mol. The van der Waals surface area contributed by atoms with Gasteiger partial charge in [-0.15, -0.1) is 22.9 Å². The predicted molar refractivity (Wildman–Crippen MR) is 70.9 cm³/mol. The summed E-state index contributed by atoms with van der Waals surface area (Å²) in [6.07, 6.45) is 0. The van der Waals surface area contributed by atoms with E-state index >= 15 is 0 Å². The molecule has 1 aromatic carbocycles. The fraction of sp³-hybridized carbons (Fsp3) is 0.167. The van der Waals surface area contributed by atoms with Crippen LogP contribution >= 0.6 is 34.5 Å². The number of alkyl halides is 1. The Morgan fingerprint density at radius 1 is 1.31 bits per heavy atom. The Morgan fingerprint density at radius 2 is 2.06 bits per heavy atom. The quantitative estimate of drug-likeness (QED) is 0.729. The Balaban J connectivity index is 2.56. The number of rotatable bonds is 3. The number of thiophene rings is 1. The molecule has 1 heterocycles. The minimum atomic E-state index is 0.449. The van der Waals surface area contributed by atoms with Crippen molar-refractivity contribution >= 4 is 34.5 Å². The number of methoxy groups -OCH3 is 1. The molecular weight excluding hydrogens is 263 g/mol. The molecule has 0 amide bonds. The zero-order valence-electron chi connectivity index (χ0n) is 8.67. The van der Waals surface area contributed by atoms with Crippen molar-refractivity contribution in [3.05, 3.63) is 40.2 Å². The van der Waals surface area contributed by atoms with E-state index in [2.05, 4.69) is 0 Å². The van der Waals surface area contributed by atoms with Crippen LogP contribution in [0.15, 0.2) is 29.6 Å². The van der Waals surface area contributed by atoms with Gasteiger partial charge in [0.2, 0.25) is 0 Å². The third kappa shape index (κ3) is 2.05. The van der Waals surface area contributed by atoms with Crippen LogP contribution in [0.2, 0.25) is 5.02 Å². The van der Waals surface area contributed by atoms with Crippen LogP contribution in [0.3, 0.4) is 0 Å². The van der Waals surface area contributed by atoms with Crippen molar-refractivity contribution in [2.45, 2.75) is 5.88 Å². The van der Waals surface area contributed by atoms with Crippen LogP contribution in [0.25, 0.3) is 10.4 Å². The first-order chi connectivity index (χ1) is 7.77. The lowest BCUT2D eigenvalue weighted by molar-refractivity contribution is 0.415. The molecule has 0 unspecified atom stereocenters. The maximum absolute atomic E-state index is 6.16. The van der Waals surface area contributed by atoms with Crippen molar-refractivity contribution in [2.24, 2.45) is 0 Å². The Kier molecular flexibility index (Phi) is 3.74. The van der Waals surface area contributed by atoms with E-state index < -0.39 is 0 Å². The van der Waals surface area contributed by atoms with Crippen LogP contribution in [0, 0.1) is 0 Å². The topological polar surface area (TPSA) is 9.23 Å². The second-order valence-corrected chi connectivity index (χ2v) is 4.79. The molecule has 0 aliphatic rings. The first kappa shape index (κ1) is 11.8. The molecule has 0 atom stereocenters. The lowest BCUT2D eigenvalue weighted by Crippen LogP contribution is -1.87. The van der Waals surface area contributed by atoms with Gasteiger partial charge in [-0.05, 0) is 11.4 Å². The first-order valence-electron chi connectivity index (χ1n) is 4.73.